The summed E-state index contributed by atoms with van der Waals surface area (Å²) in [7, 11) is 0. The van der Waals surface area contributed by atoms with Crippen LogP contribution >= 0.6 is 22.6 Å². The Balaban J connectivity index is 1.56. The molecule has 1 aliphatic rings. The van der Waals surface area contributed by atoms with Gasteiger partial charge in [0.05, 0.1) is 12.6 Å². The minimum atomic E-state index is -0.669. The molecule has 0 aliphatic carbocycles. The number of carbonyl (C=O) groups excluding carboxylic acids is 2. The number of halogens is 1. The van der Waals surface area contributed by atoms with E-state index in [0.29, 0.717) is 11.0 Å². The number of alkyl carbamates (subject to hydrolysis) is 1. The summed E-state index contributed by atoms with van der Waals surface area (Å²) in [6.07, 6.45) is -1.22. The summed E-state index contributed by atoms with van der Waals surface area (Å²) in [6, 6.07) is 18.6. The second kappa shape index (κ2) is 10.1. The summed E-state index contributed by atoms with van der Waals surface area (Å²) in [5.74, 6) is 0.151. The fraction of sp³-hybridized carbons (Fsp3) is 0.250. The maximum Gasteiger partial charge on any atom is 0.417 e. The first-order valence-corrected chi connectivity index (χ1v) is 10.3. The molecular formula is C20H20IN3O4. The van der Waals surface area contributed by atoms with Crippen LogP contribution in [0.1, 0.15) is 11.1 Å². The molecule has 28 heavy (non-hydrogen) atoms. The molecule has 2 aromatic carbocycles. The third kappa shape index (κ3) is 5.44. The van der Waals surface area contributed by atoms with Crippen LogP contribution in [0.15, 0.2) is 65.7 Å². The van der Waals surface area contributed by atoms with Gasteiger partial charge in [0.25, 0.3) is 0 Å². The van der Waals surface area contributed by atoms with Crippen LogP contribution in [-0.2, 0) is 22.7 Å². The second-order valence-corrected chi connectivity index (χ2v) is 6.95. The average molecular weight is 493 g/mol. The zero-order chi connectivity index (χ0) is 19.8. The Labute approximate surface area is 176 Å². The van der Waals surface area contributed by atoms with E-state index in [1.54, 1.807) is 0 Å². The molecule has 0 spiro atoms. The number of rotatable bonds is 5. The highest BCUT2D eigenvalue weighted by atomic mass is 127. The Hall–Kier alpha value is -2.62. The number of ether oxygens (including phenoxy) is 2. The Morgan fingerprint density at radius 2 is 1.57 bits per heavy atom. The molecule has 3 rings (SSSR count). The van der Waals surface area contributed by atoms with E-state index in [1.165, 1.54) is 4.90 Å². The van der Waals surface area contributed by atoms with Gasteiger partial charge in [-0.05, 0) is 11.1 Å². The Kier molecular flexibility index (Phi) is 7.24. The van der Waals surface area contributed by atoms with Crippen molar-refractivity contribution in [3.63, 3.8) is 0 Å². The number of amides is 2. The number of guanidine groups is 1. The molecular weight excluding hydrogens is 473 g/mol. The highest BCUT2D eigenvalue weighted by molar-refractivity contribution is 14.1. The van der Waals surface area contributed by atoms with Gasteiger partial charge < -0.3 is 9.47 Å². The van der Waals surface area contributed by atoms with Gasteiger partial charge in [-0.25, -0.2) is 14.5 Å². The van der Waals surface area contributed by atoms with Gasteiger partial charge in [0.15, 0.2) is 0 Å². The number of hydrogen-bond donors (Lipinski definition) is 1. The highest BCUT2D eigenvalue weighted by Crippen LogP contribution is 2.15. The van der Waals surface area contributed by atoms with E-state index >= 15 is 0 Å². The summed E-state index contributed by atoms with van der Waals surface area (Å²) < 4.78 is 11.3. The fourth-order valence-corrected chi connectivity index (χ4v) is 3.29. The van der Waals surface area contributed by atoms with Crippen LogP contribution in [-0.4, -0.2) is 40.1 Å². The number of nitrogens with zero attached hydrogens (tertiary/aromatic N) is 2. The van der Waals surface area contributed by atoms with E-state index in [9.17, 15) is 9.59 Å². The highest BCUT2D eigenvalue weighted by Gasteiger charge is 2.34. The van der Waals surface area contributed by atoms with Crippen molar-refractivity contribution in [2.45, 2.75) is 19.3 Å². The predicted octanol–water partition coefficient (Wildman–Crippen LogP) is 3.72. The van der Waals surface area contributed by atoms with Crippen LogP contribution in [0.4, 0.5) is 9.59 Å². The van der Waals surface area contributed by atoms with Gasteiger partial charge in [0, 0.05) is 4.43 Å². The molecule has 1 atom stereocenters. The zero-order valence-corrected chi connectivity index (χ0v) is 17.2. The lowest BCUT2D eigenvalue weighted by Gasteiger charge is -2.23. The molecule has 1 heterocycles. The quantitative estimate of drug-likeness (QED) is 0.509. The molecule has 7 nitrogen and oxygen atoms in total. The SMILES string of the molecule is O=C(NC1=NCC(CI)N1C(=O)OCc1ccccc1)OCc1ccccc1. The number of carbonyl (C=O) groups is 2. The van der Waals surface area contributed by atoms with Crippen LogP contribution in [0.5, 0.6) is 0 Å². The van der Waals surface area contributed by atoms with E-state index in [2.05, 4.69) is 32.9 Å². The Morgan fingerprint density at radius 3 is 2.14 bits per heavy atom. The van der Waals surface area contributed by atoms with Crippen LogP contribution in [0.2, 0.25) is 0 Å². The van der Waals surface area contributed by atoms with E-state index < -0.39 is 12.2 Å². The zero-order valence-electron chi connectivity index (χ0n) is 15.1. The standard InChI is InChI=1S/C20H20IN3O4/c21-11-17-12-22-18(23-19(25)27-13-15-7-3-1-4-8-15)24(17)20(26)28-14-16-9-5-2-6-10-16/h1-10,17H,11-14H2,(H,22,23,25). The van der Waals surface area contributed by atoms with Crippen LogP contribution in [0, 0.1) is 0 Å². The molecule has 1 aliphatic heterocycles. The smallest absolute Gasteiger partial charge is 0.417 e. The van der Waals surface area contributed by atoms with Gasteiger partial charge in [-0.3, -0.25) is 10.3 Å². The molecule has 0 saturated heterocycles. The summed E-state index contributed by atoms with van der Waals surface area (Å²) in [4.78, 5) is 30.3. The normalized spacial score (nSPS) is 15.7. The van der Waals surface area contributed by atoms with E-state index in [0.717, 1.165) is 11.1 Å². The topological polar surface area (TPSA) is 80.2 Å². The van der Waals surface area contributed by atoms with Crippen molar-refractivity contribution < 1.29 is 19.1 Å². The fourth-order valence-electron chi connectivity index (χ4n) is 2.62. The predicted molar refractivity (Wildman–Crippen MR) is 113 cm³/mol. The summed E-state index contributed by atoms with van der Waals surface area (Å²) in [6.45, 7) is 0.682. The average Bonchev–Trinajstić information content (AvgIpc) is 3.14. The summed E-state index contributed by atoms with van der Waals surface area (Å²) in [5, 5.41) is 2.55. The van der Waals surface area contributed by atoms with Gasteiger partial charge in [-0.1, -0.05) is 83.3 Å². The molecule has 2 aromatic rings. The van der Waals surface area contributed by atoms with Crippen LogP contribution in [0.25, 0.3) is 0 Å². The molecule has 0 saturated carbocycles. The molecule has 0 aromatic heterocycles. The monoisotopic (exact) mass is 493 g/mol. The number of nitrogens with one attached hydrogen (secondary N) is 1. The minimum Gasteiger partial charge on any atom is -0.444 e. The third-order valence-corrected chi connectivity index (χ3v) is 5.07. The molecule has 1 N–H and O–H groups in total. The van der Waals surface area contributed by atoms with Crippen molar-refractivity contribution in [3.8, 4) is 0 Å². The van der Waals surface area contributed by atoms with Crippen molar-refractivity contribution in [2.24, 2.45) is 4.99 Å². The van der Waals surface area contributed by atoms with Gasteiger partial charge in [-0.2, -0.15) is 0 Å². The van der Waals surface area contributed by atoms with E-state index in [-0.39, 0.29) is 25.2 Å². The minimum absolute atomic E-state index is 0.133. The second-order valence-electron chi connectivity index (χ2n) is 6.07. The summed E-state index contributed by atoms with van der Waals surface area (Å²) >= 11 is 2.18. The molecule has 0 fully saturated rings. The van der Waals surface area contributed by atoms with Gasteiger partial charge in [-0.15, -0.1) is 0 Å². The first kappa shape index (κ1) is 20.1. The number of hydrogen-bond acceptors (Lipinski definition) is 5. The van der Waals surface area contributed by atoms with Crippen molar-refractivity contribution >= 4 is 40.7 Å². The largest absolute Gasteiger partial charge is 0.444 e. The van der Waals surface area contributed by atoms with Crippen molar-refractivity contribution in [1.29, 1.82) is 0 Å². The molecule has 146 valence electrons. The summed E-state index contributed by atoms with van der Waals surface area (Å²) in [5.41, 5.74) is 1.75. The molecule has 8 heteroatoms. The number of aliphatic imine (C=N–C) groups is 1. The lowest BCUT2D eigenvalue weighted by molar-refractivity contribution is 0.110. The van der Waals surface area contributed by atoms with Gasteiger partial charge in [0.2, 0.25) is 5.96 Å². The first-order chi connectivity index (χ1) is 13.7. The third-order valence-electron chi connectivity index (χ3n) is 4.05. The van der Waals surface area contributed by atoms with Gasteiger partial charge >= 0.3 is 12.2 Å². The molecule has 2 amide bonds. The molecule has 0 bridgehead atoms. The lowest BCUT2D eigenvalue weighted by Crippen LogP contribution is -2.49. The Bertz CT molecular complexity index is 830. The van der Waals surface area contributed by atoms with Crippen molar-refractivity contribution in [2.75, 3.05) is 11.0 Å². The molecule has 0 radical (unpaired) electrons. The van der Waals surface area contributed by atoms with Crippen LogP contribution in [0.3, 0.4) is 0 Å². The Morgan fingerprint density at radius 1 is 1.00 bits per heavy atom. The maximum absolute atomic E-state index is 12.6. The number of alkyl halides is 1. The first-order valence-electron chi connectivity index (χ1n) is 8.75. The van der Waals surface area contributed by atoms with E-state index in [1.807, 2.05) is 60.7 Å². The van der Waals surface area contributed by atoms with Crippen LogP contribution < -0.4 is 5.32 Å². The van der Waals surface area contributed by atoms with E-state index in [4.69, 9.17) is 9.47 Å². The van der Waals surface area contributed by atoms with Crippen molar-refractivity contribution in [3.05, 3.63) is 71.8 Å². The van der Waals surface area contributed by atoms with Gasteiger partial charge in [0.1, 0.15) is 13.2 Å². The molecule has 1 unspecified atom stereocenters. The lowest BCUT2D eigenvalue weighted by atomic mass is 10.2. The maximum atomic E-state index is 12.6. The van der Waals surface area contributed by atoms with Crippen molar-refractivity contribution in [1.82, 2.24) is 10.2 Å². The number of benzene rings is 2.